The Hall–Kier alpha value is -6.08. The van der Waals surface area contributed by atoms with Gasteiger partial charge in [0.05, 0.1) is 23.2 Å². The summed E-state index contributed by atoms with van der Waals surface area (Å²) in [5.41, 5.74) is 1.11. The SMILES string of the molecule is C.C[C@@H](NC(=O)C#Cc1cccc(C(F)(F)F)c1)c1cccc2ccccc12.C[C@@H](NC(=O)CCc1cccc(C(F)(F)F)c1)c1cccc2ccccc12. The van der Waals surface area contributed by atoms with Crippen molar-refractivity contribution in [3.05, 3.63) is 167 Å². The minimum atomic E-state index is -4.44. The number of rotatable bonds is 7. The van der Waals surface area contributed by atoms with E-state index in [0.29, 0.717) is 5.56 Å². The zero-order valence-electron chi connectivity index (χ0n) is 29.4. The van der Waals surface area contributed by atoms with E-state index in [1.807, 2.05) is 98.8 Å². The first-order valence-electron chi connectivity index (χ1n) is 17.1. The van der Waals surface area contributed by atoms with Crippen LogP contribution in [0.1, 0.15) is 73.2 Å². The lowest BCUT2D eigenvalue weighted by atomic mass is 9.99. The van der Waals surface area contributed by atoms with E-state index in [1.54, 1.807) is 6.07 Å². The number of amides is 2. The Kier molecular flexibility index (Phi) is 13.9. The molecule has 0 heterocycles. The third kappa shape index (κ3) is 11.5. The van der Waals surface area contributed by atoms with Crippen molar-refractivity contribution < 1.29 is 35.9 Å². The van der Waals surface area contributed by atoms with E-state index in [-0.39, 0.29) is 43.8 Å². The summed E-state index contributed by atoms with van der Waals surface area (Å²) in [6.07, 6.45) is -8.42. The molecule has 2 amide bonds. The normalized spacial score (nSPS) is 12.2. The molecule has 0 saturated carbocycles. The Labute approximate surface area is 316 Å². The number of hydrogen-bond acceptors (Lipinski definition) is 2. The van der Waals surface area contributed by atoms with Crippen LogP contribution in [-0.4, -0.2) is 11.8 Å². The van der Waals surface area contributed by atoms with Gasteiger partial charge in [-0.25, -0.2) is 0 Å². The number of carbonyl (C=O) groups is 2. The summed E-state index contributed by atoms with van der Waals surface area (Å²) >= 11 is 0. The molecule has 0 fully saturated rings. The maximum atomic E-state index is 12.8. The molecule has 0 aromatic heterocycles. The number of hydrogen-bond donors (Lipinski definition) is 2. The fraction of sp³-hybridized carbons (Fsp3) is 0.200. The summed E-state index contributed by atoms with van der Waals surface area (Å²) < 4.78 is 76.5. The second kappa shape index (κ2) is 18.3. The first kappa shape index (κ1) is 41.7. The van der Waals surface area contributed by atoms with Crippen LogP contribution in [0.25, 0.3) is 21.5 Å². The van der Waals surface area contributed by atoms with Crippen molar-refractivity contribution in [2.45, 2.75) is 58.6 Å². The second-order valence-corrected chi connectivity index (χ2v) is 12.6. The van der Waals surface area contributed by atoms with E-state index in [9.17, 15) is 35.9 Å². The van der Waals surface area contributed by atoms with Crippen LogP contribution in [0.5, 0.6) is 0 Å². The Bertz CT molecular complexity index is 2310. The van der Waals surface area contributed by atoms with E-state index in [1.165, 1.54) is 18.2 Å². The molecule has 4 nitrogen and oxygen atoms in total. The Morgan fingerprint density at radius 1 is 0.600 bits per heavy atom. The summed E-state index contributed by atoms with van der Waals surface area (Å²) in [5, 5.41) is 9.97. The second-order valence-electron chi connectivity index (χ2n) is 12.6. The third-order valence-electron chi connectivity index (χ3n) is 8.71. The van der Waals surface area contributed by atoms with Crippen molar-refractivity contribution in [1.82, 2.24) is 10.6 Å². The minimum absolute atomic E-state index is 0. The van der Waals surface area contributed by atoms with Crippen LogP contribution in [-0.2, 0) is 28.4 Å². The summed E-state index contributed by atoms with van der Waals surface area (Å²) in [6.45, 7) is 3.75. The first-order valence-corrected chi connectivity index (χ1v) is 17.1. The number of alkyl halides is 6. The average Bonchev–Trinajstić information content (AvgIpc) is 3.15. The van der Waals surface area contributed by atoms with Crippen LogP contribution in [0.15, 0.2) is 133 Å². The average molecular weight is 755 g/mol. The molecule has 0 aliphatic carbocycles. The van der Waals surface area contributed by atoms with Crippen molar-refractivity contribution in [2.75, 3.05) is 0 Å². The van der Waals surface area contributed by atoms with Crippen molar-refractivity contribution in [2.24, 2.45) is 0 Å². The molecule has 6 aromatic carbocycles. The zero-order valence-corrected chi connectivity index (χ0v) is 29.4. The predicted octanol–water partition coefficient (Wildman–Crippen LogP) is 11.4. The molecular formula is C45H40F6N2O2. The quantitative estimate of drug-likeness (QED) is 0.126. The van der Waals surface area contributed by atoms with Crippen LogP contribution in [0, 0.1) is 11.8 Å². The molecule has 284 valence electrons. The maximum Gasteiger partial charge on any atom is 0.416 e. The van der Waals surface area contributed by atoms with Gasteiger partial charge in [-0.15, -0.1) is 0 Å². The molecule has 0 saturated heterocycles. The van der Waals surface area contributed by atoms with E-state index < -0.39 is 29.4 Å². The summed E-state index contributed by atoms with van der Waals surface area (Å²) in [6, 6.07) is 36.7. The molecule has 55 heavy (non-hydrogen) atoms. The lowest BCUT2D eigenvalue weighted by molar-refractivity contribution is -0.138. The largest absolute Gasteiger partial charge is 0.416 e. The number of nitrogens with one attached hydrogen (secondary N) is 2. The molecular weight excluding hydrogens is 714 g/mol. The first-order chi connectivity index (χ1) is 25.7. The molecule has 0 bridgehead atoms. The summed E-state index contributed by atoms with van der Waals surface area (Å²) in [5.74, 6) is 4.11. The van der Waals surface area contributed by atoms with Crippen LogP contribution < -0.4 is 10.6 Å². The standard InChI is InChI=1S/C22H20F3NO.C22H16F3NO.CH4/c2*1-15(19-11-5-8-17-7-2-3-10-20(17)19)26-21(27)13-12-16-6-4-9-18(14-16)22(23,24)25;/h2-11,14-15H,12-13H2,1H3,(H,26,27);2-11,14-15H,1H3,(H,26,27);1H4/t2*15-;/m11./s1. The zero-order chi connectivity index (χ0) is 38.9. The van der Waals surface area contributed by atoms with Crippen LogP contribution >= 0.6 is 0 Å². The van der Waals surface area contributed by atoms with Gasteiger partial charge in [-0.1, -0.05) is 123 Å². The number of halogens is 6. The van der Waals surface area contributed by atoms with Crippen molar-refractivity contribution in [3.63, 3.8) is 0 Å². The summed E-state index contributed by atoms with van der Waals surface area (Å²) in [7, 11) is 0. The van der Waals surface area contributed by atoms with Gasteiger partial charge in [-0.05, 0) is 82.8 Å². The van der Waals surface area contributed by atoms with Crippen molar-refractivity contribution in [3.8, 4) is 11.8 Å². The minimum Gasteiger partial charge on any atom is -0.350 e. The molecule has 0 aliphatic heterocycles. The highest BCUT2D eigenvalue weighted by Gasteiger charge is 2.31. The van der Waals surface area contributed by atoms with E-state index >= 15 is 0 Å². The van der Waals surface area contributed by atoms with Gasteiger partial charge in [-0.2, -0.15) is 26.3 Å². The van der Waals surface area contributed by atoms with Gasteiger partial charge >= 0.3 is 12.4 Å². The van der Waals surface area contributed by atoms with Gasteiger partial charge in [0, 0.05) is 17.9 Å². The molecule has 6 aromatic rings. The topological polar surface area (TPSA) is 58.2 Å². The third-order valence-corrected chi connectivity index (χ3v) is 8.71. The van der Waals surface area contributed by atoms with Gasteiger partial charge in [0.2, 0.25) is 5.91 Å². The van der Waals surface area contributed by atoms with Gasteiger partial charge in [0.15, 0.2) is 0 Å². The van der Waals surface area contributed by atoms with Crippen LogP contribution in [0.2, 0.25) is 0 Å². The van der Waals surface area contributed by atoms with Crippen molar-refractivity contribution in [1.29, 1.82) is 0 Å². The van der Waals surface area contributed by atoms with Crippen LogP contribution in [0.4, 0.5) is 26.3 Å². The molecule has 6 rings (SSSR count). The van der Waals surface area contributed by atoms with Crippen molar-refractivity contribution >= 4 is 33.4 Å². The lowest BCUT2D eigenvalue weighted by Gasteiger charge is -2.17. The van der Waals surface area contributed by atoms with Gasteiger partial charge in [0.1, 0.15) is 0 Å². The van der Waals surface area contributed by atoms with Gasteiger partial charge < -0.3 is 10.6 Å². The van der Waals surface area contributed by atoms with E-state index in [4.69, 9.17) is 0 Å². The lowest BCUT2D eigenvalue weighted by Crippen LogP contribution is -2.27. The monoisotopic (exact) mass is 754 g/mol. The fourth-order valence-corrected chi connectivity index (χ4v) is 6.02. The highest BCUT2D eigenvalue weighted by atomic mass is 19.4. The molecule has 2 atom stereocenters. The molecule has 10 heteroatoms. The smallest absolute Gasteiger partial charge is 0.350 e. The molecule has 0 aliphatic rings. The van der Waals surface area contributed by atoms with E-state index in [0.717, 1.165) is 56.9 Å². The molecule has 2 N–H and O–H groups in total. The van der Waals surface area contributed by atoms with Gasteiger partial charge in [0.25, 0.3) is 5.91 Å². The predicted molar refractivity (Wildman–Crippen MR) is 206 cm³/mol. The molecule has 0 spiro atoms. The number of fused-ring (bicyclic) bond motifs is 2. The van der Waals surface area contributed by atoms with Gasteiger partial charge in [-0.3, -0.25) is 9.59 Å². The maximum absolute atomic E-state index is 12.8. The highest BCUT2D eigenvalue weighted by molar-refractivity contribution is 5.95. The van der Waals surface area contributed by atoms with Crippen LogP contribution in [0.3, 0.4) is 0 Å². The summed E-state index contributed by atoms with van der Waals surface area (Å²) in [4.78, 5) is 24.4. The Balaban J connectivity index is 0.000000240. The Morgan fingerprint density at radius 2 is 1.07 bits per heavy atom. The Morgan fingerprint density at radius 3 is 1.64 bits per heavy atom. The number of carbonyl (C=O) groups excluding carboxylic acids is 2. The number of benzene rings is 6. The molecule has 0 unspecified atom stereocenters. The highest BCUT2D eigenvalue weighted by Crippen LogP contribution is 2.31. The fourth-order valence-electron chi connectivity index (χ4n) is 6.02. The number of aryl methyl sites for hydroxylation is 1. The van der Waals surface area contributed by atoms with E-state index in [2.05, 4.69) is 22.5 Å². The molecule has 0 radical (unpaired) electrons.